The van der Waals surface area contributed by atoms with Gasteiger partial charge in [-0.2, -0.15) is 5.10 Å². The number of sulfonamides is 1. The lowest BCUT2D eigenvalue weighted by Gasteiger charge is -2.08. The summed E-state index contributed by atoms with van der Waals surface area (Å²) in [6.07, 6.45) is 3.05. The summed E-state index contributed by atoms with van der Waals surface area (Å²) in [7, 11) is -2.15. The summed E-state index contributed by atoms with van der Waals surface area (Å²) in [5.41, 5.74) is 5.52. The van der Waals surface area contributed by atoms with Crippen LogP contribution in [0.3, 0.4) is 0 Å². The SMILES string of the molecule is Cn1ccc(NS(=O)(=O)c2cccnc2C(N)=S)n1. The van der Waals surface area contributed by atoms with Gasteiger partial charge in [0.2, 0.25) is 0 Å². The van der Waals surface area contributed by atoms with Crippen LogP contribution in [0.1, 0.15) is 5.69 Å². The van der Waals surface area contributed by atoms with Crippen LogP contribution in [0.2, 0.25) is 0 Å². The molecule has 0 aromatic carbocycles. The molecule has 0 aliphatic rings. The Morgan fingerprint density at radius 1 is 1.47 bits per heavy atom. The van der Waals surface area contributed by atoms with Crippen LogP contribution in [0.5, 0.6) is 0 Å². The monoisotopic (exact) mass is 297 g/mol. The Morgan fingerprint density at radius 3 is 2.79 bits per heavy atom. The van der Waals surface area contributed by atoms with E-state index in [-0.39, 0.29) is 21.4 Å². The van der Waals surface area contributed by atoms with Gasteiger partial charge in [0.1, 0.15) is 15.6 Å². The average molecular weight is 297 g/mol. The minimum absolute atomic E-state index is 0.0564. The van der Waals surface area contributed by atoms with Crippen molar-refractivity contribution in [3.05, 3.63) is 36.3 Å². The molecule has 0 atom stereocenters. The van der Waals surface area contributed by atoms with Gasteiger partial charge in [0.25, 0.3) is 10.0 Å². The molecule has 0 aliphatic heterocycles. The van der Waals surface area contributed by atoms with E-state index in [1.807, 2.05) is 0 Å². The fourth-order valence-corrected chi connectivity index (χ4v) is 2.85. The Balaban J connectivity index is 2.43. The minimum atomic E-state index is -3.83. The lowest BCUT2D eigenvalue weighted by atomic mass is 10.3. The average Bonchev–Trinajstić information content (AvgIpc) is 2.74. The minimum Gasteiger partial charge on any atom is -0.388 e. The van der Waals surface area contributed by atoms with Gasteiger partial charge in [0.15, 0.2) is 5.82 Å². The molecule has 2 aromatic rings. The molecule has 2 rings (SSSR count). The molecule has 0 amide bonds. The number of nitrogens with one attached hydrogen (secondary N) is 1. The Kier molecular flexibility index (Phi) is 3.49. The van der Waals surface area contributed by atoms with Crippen LogP contribution in [0.4, 0.5) is 5.82 Å². The Morgan fingerprint density at radius 2 is 2.21 bits per heavy atom. The zero-order chi connectivity index (χ0) is 14.0. The topological polar surface area (TPSA) is 103 Å². The molecular weight excluding hydrogens is 286 g/mol. The maximum absolute atomic E-state index is 12.2. The first-order chi connectivity index (χ1) is 8.90. The van der Waals surface area contributed by atoms with Gasteiger partial charge in [0, 0.05) is 25.5 Å². The van der Waals surface area contributed by atoms with E-state index in [1.54, 1.807) is 13.2 Å². The Bertz CT molecular complexity index is 723. The van der Waals surface area contributed by atoms with E-state index in [9.17, 15) is 8.42 Å². The summed E-state index contributed by atoms with van der Waals surface area (Å²) in [5.74, 6) is 0.209. The Labute approximate surface area is 115 Å². The normalized spacial score (nSPS) is 11.2. The standard InChI is InChI=1S/C10H11N5O2S2/c1-15-6-4-8(13-15)14-19(16,17)7-3-2-5-12-9(7)10(11)18/h2-6H,1H3,(H2,11,18)(H,13,14). The van der Waals surface area contributed by atoms with Crippen LogP contribution in [-0.2, 0) is 17.1 Å². The zero-order valence-electron chi connectivity index (χ0n) is 9.94. The first kappa shape index (κ1) is 13.4. The van der Waals surface area contributed by atoms with Crippen LogP contribution >= 0.6 is 12.2 Å². The van der Waals surface area contributed by atoms with Crippen molar-refractivity contribution in [2.45, 2.75) is 4.90 Å². The summed E-state index contributed by atoms with van der Waals surface area (Å²) in [4.78, 5) is 3.72. The van der Waals surface area contributed by atoms with Gasteiger partial charge in [-0.15, -0.1) is 0 Å². The molecule has 0 saturated heterocycles. The van der Waals surface area contributed by atoms with Crippen molar-refractivity contribution in [3.8, 4) is 0 Å². The number of hydrogen-bond donors (Lipinski definition) is 2. The van der Waals surface area contributed by atoms with E-state index in [2.05, 4.69) is 14.8 Å². The van der Waals surface area contributed by atoms with Crippen molar-refractivity contribution < 1.29 is 8.42 Å². The molecular formula is C10H11N5O2S2. The van der Waals surface area contributed by atoms with E-state index in [0.29, 0.717) is 0 Å². The molecule has 0 radical (unpaired) electrons. The van der Waals surface area contributed by atoms with Gasteiger partial charge in [-0.25, -0.2) is 8.42 Å². The highest BCUT2D eigenvalue weighted by molar-refractivity contribution is 7.93. The van der Waals surface area contributed by atoms with Gasteiger partial charge < -0.3 is 5.73 Å². The molecule has 3 N–H and O–H groups in total. The molecule has 0 bridgehead atoms. The smallest absolute Gasteiger partial charge is 0.265 e. The fourth-order valence-electron chi connectivity index (χ4n) is 1.45. The van der Waals surface area contributed by atoms with E-state index >= 15 is 0 Å². The third kappa shape index (κ3) is 2.88. The lowest BCUT2D eigenvalue weighted by Crippen LogP contribution is -2.21. The van der Waals surface area contributed by atoms with Gasteiger partial charge >= 0.3 is 0 Å². The number of nitrogens with two attached hydrogens (primary N) is 1. The van der Waals surface area contributed by atoms with Crippen LogP contribution in [0, 0.1) is 0 Å². The summed E-state index contributed by atoms with van der Waals surface area (Å²) >= 11 is 4.79. The lowest BCUT2D eigenvalue weighted by molar-refractivity contribution is 0.600. The Hall–Kier alpha value is -2.00. The predicted molar refractivity (Wildman–Crippen MR) is 74.1 cm³/mol. The van der Waals surface area contributed by atoms with Gasteiger partial charge in [0.05, 0.1) is 0 Å². The number of hydrogen-bond acceptors (Lipinski definition) is 5. The molecule has 9 heteroatoms. The highest BCUT2D eigenvalue weighted by Gasteiger charge is 2.21. The van der Waals surface area contributed by atoms with Crippen molar-refractivity contribution in [1.82, 2.24) is 14.8 Å². The van der Waals surface area contributed by atoms with Gasteiger partial charge in [-0.3, -0.25) is 14.4 Å². The number of anilines is 1. The van der Waals surface area contributed by atoms with Crippen molar-refractivity contribution in [1.29, 1.82) is 0 Å². The molecule has 2 heterocycles. The van der Waals surface area contributed by atoms with Crippen molar-refractivity contribution in [2.75, 3.05) is 4.72 Å². The fraction of sp³-hybridized carbons (Fsp3) is 0.100. The van der Waals surface area contributed by atoms with Crippen LogP contribution in [-0.4, -0.2) is 28.2 Å². The molecule has 0 aliphatic carbocycles. The first-order valence-electron chi connectivity index (χ1n) is 5.17. The van der Waals surface area contributed by atoms with E-state index in [4.69, 9.17) is 18.0 Å². The number of nitrogens with zero attached hydrogens (tertiary/aromatic N) is 3. The summed E-state index contributed by atoms with van der Waals surface area (Å²) in [6, 6.07) is 4.41. The third-order valence-corrected chi connectivity index (χ3v) is 3.83. The van der Waals surface area contributed by atoms with Crippen LogP contribution < -0.4 is 10.5 Å². The second-order valence-corrected chi connectivity index (χ2v) is 5.79. The maximum atomic E-state index is 12.2. The number of thiocarbonyl (C=S) groups is 1. The van der Waals surface area contributed by atoms with Gasteiger partial charge in [-0.1, -0.05) is 12.2 Å². The second kappa shape index (κ2) is 4.94. The van der Waals surface area contributed by atoms with Crippen LogP contribution in [0.25, 0.3) is 0 Å². The zero-order valence-corrected chi connectivity index (χ0v) is 11.6. The predicted octanol–water partition coefficient (Wildman–Crippen LogP) is 0.250. The number of pyridine rings is 1. The molecule has 0 fully saturated rings. The molecule has 0 saturated carbocycles. The number of rotatable bonds is 4. The largest absolute Gasteiger partial charge is 0.388 e. The summed E-state index contributed by atoms with van der Waals surface area (Å²) in [5, 5.41) is 3.94. The summed E-state index contributed by atoms with van der Waals surface area (Å²) < 4.78 is 28.3. The van der Waals surface area contributed by atoms with E-state index < -0.39 is 10.0 Å². The van der Waals surface area contributed by atoms with Crippen molar-refractivity contribution in [3.63, 3.8) is 0 Å². The molecule has 7 nitrogen and oxygen atoms in total. The van der Waals surface area contributed by atoms with Crippen LogP contribution in [0.15, 0.2) is 35.5 Å². The molecule has 2 aromatic heterocycles. The molecule has 0 unspecified atom stereocenters. The number of aromatic nitrogens is 3. The second-order valence-electron chi connectivity index (χ2n) is 3.69. The highest BCUT2D eigenvalue weighted by atomic mass is 32.2. The van der Waals surface area contributed by atoms with E-state index in [1.165, 1.54) is 29.1 Å². The van der Waals surface area contributed by atoms with Crippen molar-refractivity contribution in [2.24, 2.45) is 12.8 Å². The summed E-state index contributed by atoms with van der Waals surface area (Å²) in [6.45, 7) is 0. The quantitative estimate of drug-likeness (QED) is 0.784. The maximum Gasteiger partial charge on any atom is 0.265 e. The molecule has 19 heavy (non-hydrogen) atoms. The van der Waals surface area contributed by atoms with E-state index in [0.717, 1.165) is 0 Å². The highest BCUT2D eigenvalue weighted by Crippen LogP contribution is 2.16. The molecule has 0 spiro atoms. The number of aryl methyl sites for hydroxylation is 1. The van der Waals surface area contributed by atoms with Gasteiger partial charge in [-0.05, 0) is 12.1 Å². The van der Waals surface area contributed by atoms with Crippen molar-refractivity contribution >= 4 is 33.0 Å². The first-order valence-corrected chi connectivity index (χ1v) is 7.06. The third-order valence-electron chi connectivity index (χ3n) is 2.25. The molecule has 100 valence electrons.